The quantitative estimate of drug-likeness (QED) is 0.732. The summed E-state index contributed by atoms with van der Waals surface area (Å²) >= 11 is 1.91. The molecule has 0 radical (unpaired) electrons. The van der Waals surface area contributed by atoms with Gasteiger partial charge in [0, 0.05) is 24.6 Å². The van der Waals surface area contributed by atoms with E-state index in [0.29, 0.717) is 0 Å². The first-order valence-corrected chi connectivity index (χ1v) is 6.03. The number of nitrogens with zero attached hydrogens (tertiary/aromatic N) is 1. The Kier molecular flexibility index (Phi) is 4.59. The minimum Gasteiger partial charge on any atom is -0.340 e. The van der Waals surface area contributed by atoms with Crippen molar-refractivity contribution in [3.8, 4) is 0 Å². The maximum absolute atomic E-state index is 11.7. The fraction of sp³-hybridized carbons (Fsp3) is 0.889. The van der Waals surface area contributed by atoms with E-state index in [1.54, 1.807) is 0 Å². The van der Waals surface area contributed by atoms with Gasteiger partial charge in [-0.3, -0.25) is 4.79 Å². The van der Waals surface area contributed by atoms with Crippen LogP contribution in [0.4, 0.5) is 0 Å². The molecule has 1 fully saturated rings. The van der Waals surface area contributed by atoms with Gasteiger partial charge in [-0.15, -0.1) is 0 Å². The van der Waals surface area contributed by atoms with Gasteiger partial charge in [-0.05, 0) is 6.42 Å². The lowest BCUT2D eigenvalue weighted by Crippen LogP contribution is -2.47. The number of carbonyl (C=O) groups excluding carboxylic acids is 1. The van der Waals surface area contributed by atoms with Crippen LogP contribution in [0.2, 0.25) is 0 Å². The van der Waals surface area contributed by atoms with E-state index in [1.807, 2.05) is 16.7 Å². The molecule has 1 atom stereocenters. The van der Waals surface area contributed by atoms with Gasteiger partial charge in [0.15, 0.2) is 0 Å². The zero-order valence-electron chi connectivity index (χ0n) is 8.16. The molecule has 1 rings (SSSR count). The molecule has 76 valence electrons. The SMILES string of the molecule is CCC[C@@H](N)C(=O)N1CCSCC1. The molecule has 13 heavy (non-hydrogen) atoms. The maximum atomic E-state index is 11.7. The lowest BCUT2D eigenvalue weighted by Gasteiger charge is -2.28. The molecular weight excluding hydrogens is 184 g/mol. The molecule has 0 spiro atoms. The van der Waals surface area contributed by atoms with Gasteiger partial charge in [-0.25, -0.2) is 0 Å². The Bertz CT molecular complexity index is 169. The number of nitrogens with two attached hydrogens (primary N) is 1. The smallest absolute Gasteiger partial charge is 0.239 e. The van der Waals surface area contributed by atoms with E-state index >= 15 is 0 Å². The van der Waals surface area contributed by atoms with Crippen LogP contribution in [0.5, 0.6) is 0 Å². The van der Waals surface area contributed by atoms with Gasteiger partial charge < -0.3 is 10.6 Å². The first-order chi connectivity index (χ1) is 6.25. The van der Waals surface area contributed by atoms with E-state index < -0.39 is 0 Å². The van der Waals surface area contributed by atoms with Crippen molar-refractivity contribution < 1.29 is 4.79 Å². The highest BCUT2D eigenvalue weighted by molar-refractivity contribution is 7.99. The minimum absolute atomic E-state index is 0.141. The van der Waals surface area contributed by atoms with Crippen LogP contribution < -0.4 is 5.73 Å². The van der Waals surface area contributed by atoms with Crippen molar-refractivity contribution in [2.45, 2.75) is 25.8 Å². The highest BCUT2D eigenvalue weighted by Gasteiger charge is 2.21. The zero-order chi connectivity index (χ0) is 9.68. The molecule has 0 aromatic heterocycles. The molecule has 0 unspecified atom stereocenters. The molecule has 0 aromatic carbocycles. The average Bonchev–Trinajstić information content (AvgIpc) is 2.18. The van der Waals surface area contributed by atoms with E-state index in [2.05, 4.69) is 6.92 Å². The van der Waals surface area contributed by atoms with Crippen LogP contribution >= 0.6 is 11.8 Å². The molecule has 1 aliphatic heterocycles. The van der Waals surface area contributed by atoms with Crippen molar-refractivity contribution in [3.05, 3.63) is 0 Å². The highest BCUT2D eigenvalue weighted by Crippen LogP contribution is 2.10. The molecule has 4 heteroatoms. The summed E-state index contributed by atoms with van der Waals surface area (Å²) in [5.74, 6) is 2.26. The molecule has 1 aliphatic rings. The molecule has 1 amide bonds. The van der Waals surface area contributed by atoms with Crippen LogP contribution in [-0.2, 0) is 4.79 Å². The van der Waals surface area contributed by atoms with Gasteiger partial charge in [0.1, 0.15) is 0 Å². The first-order valence-electron chi connectivity index (χ1n) is 4.87. The second kappa shape index (κ2) is 5.50. The molecule has 3 nitrogen and oxygen atoms in total. The number of thioether (sulfide) groups is 1. The number of rotatable bonds is 3. The fourth-order valence-corrected chi connectivity index (χ4v) is 2.36. The van der Waals surface area contributed by atoms with Gasteiger partial charge in [0.05, 0.1) is 6.04 Å². The van der Waals surface area contributed by atoms with Crippen molar-refractivity contribution in [1.29, 1.82) is 0 Å². The highest BCUT2D eigenvalue weighted by atomic mass is 32.2. The van der Waals surface area contributed by atoms with E-state index in [0.717, 1.165) is 37.4 Å². The molecule has 1 saturated heterocycles. The third kappa shape index (κ3) is 3.19. The normalized spacial score (nSPS) is 20.0. The molecule has 2 N–H and O–H groups in total. The monoisotopic (exact) mass is 202 g/mol. The van der Waals surface area contributed by atoms with Gasteiger partial charge >= 0.3 is 0 Å². The summed E-state index contributed by atoms with van der Waals surface area (Å²) < 4.78 is 0. The molecular formula is C9H18N2OS. The summed E-state index contributed by atoms with van der Waals surface area (Å²) in [5, 5.41) is 0. The van der Waals surface area contributed by atoms with Gasteiger partial charge in [-0.2, -0.15) is 11.8 Å². The minimum atomic E-state index is -0.270. The topological polar surface area (TPSA) is 46.3 Å². The first kappa shape index (κ1) is 10.9. The lowest BCUT2D eigenvalue weighted by atomic mass is 10.1. The van der Waals surface area contributed by atoms with Crippen LogP contribution in [0.15, 0.2) is 0 Å². The van der Waals surface area contributed by atoms with Crippen LogP contribution in [0.25, 0.3) is 0 Å². The second-order valence-corrected chi connectivity index (χ2v) is 4.56. The number of carbonyl (C=O) groups is 1. The van der Waals surface area contributed by atoms with Crippen LogP contribution in [0.1, 0.15) is 19.8 Å². The number of amides is 1. The van der Waals surface area contributed by atoms with Crippen molar-refractivity contribution in [1.82, 2.24) is 4.90 Å². The summed E-state index contributed by atoms with van der Waals surface area (Å²) in [4.78, 5) is 13.6. The fourth-order valence-electron chi connectivity index (χ4n) is 1.45. The largest absolute Gasteiger partial charge is 0.340 e. The third-order valence-corrected chi connectivity index (χ3v) is 3.18. The Hall–Kier alpha value is -0.220. The van der Waals surface area contributed by atoms with Crippen LogP contribution in [0.3, 0.4) is 0 Å². The summed E-state index contributed by atoms with van der Waals surface area (Å²) in [7, 11) is 0. The molecule has 0 bridgehead atoms. The van der Waals surface area contributed by atoms with Crippen LogP contribution in [0, 0.1) is 0 Å². The van der Waals surface area contributed by atoms with Crippen molar-refractivity contribution in [2.24, 2.45) is 5.73 Å². The van der Waals surface area contributed by atoms with Gasteiger partial charge in [-0.1, -0.05) is 13.3 Å². The summed E-state index contributed by atoms with van der Waals surface area (Å²) in [6, 6.07) is -0.270. The van der Waals surface area contributed by atoms with E-state index in [9.17, 15) is 4.79 Å². The summed E-state index contributed by atoms with van der Waals surface area (Å²) in [6.45, 7) is 3.81. The van der Waals surface area contributed by atoms with Gasteiger partial charge in [0.2, 0.25) is 5.91 Å². The van der Waals surface area contributed by atoms with Crippen molar-refractivity contribution in [2.75, 3.05) is 24.6 Å². The lowest BCUT2D eigenvalue weighted by molar-refractivity contribution is -0.132. The Labute approximate surface area is 84.0 Å². The Balaban J connectivity index is 2.36. The predicted molar refractivity (Wildman–Crippen MR) is 56.8 cm³/mol. The summed E-state index contributed by atoms with van der Waals surface area (Å²) in [5.41, 5.74) is 5.76. The Morgan fingerprint density at radius 3 is 2.69 bits per heavy atom. The third-order valence-electron chi connectivity index (χ3n) is 2.24. The second-order valence-electron chi connectivity index (χ2n) is 3.33. The van der Waals surface area contributed by atoms with Crippen molar-refractivity contribution >= 4 is 17.7 Å². The van der Waals surface area contributed by atoms with Gasteiger partial charge in [0.25, 0.3) is 0 Å². The van der Waals surface area contributed by atoms with E-state index in [-0.39, 0.29) is 11.9 Å². The molecule has 0 aliphatic carbocycles. The standard InChI is InChI=1S/C9H18N2OS/c1-2-3-8(10)9(12)11-4-6-13-7-5-11/h8H,2-7,10H2,1H3/t8-/m1/s1. The molecule has 1 heterocycles. The molecule has 0 saturated carbocycles. The summed E-state index contributed by atoms with van der Waals surface area (Å²) in [6.07, 6.45) is 1.79. The maximum Gasteiger partial charge on any atom is 0.239 e. The Morgan fingerprint density at radius 1 is 1.54 bits per heavy atom. The Morgan fingerprint density at radius 2 is 2.15 bits per heavy atom. The number of hydrogen-bond acceptors (Lipinski definition) is 3. The number of hydrogen-bond donors (Lipinski definition) is 1. The van der Waals surface area contributed by atoms with E-state index in [1.165, 1.54) is 0 Å². The molecule has 0 aromatic rings. The predicted octanol–water partition coefficient (Wildman–Crippen LogP) is 0.689. The van der Waals surface area contributed by atoms with Crippen LogP contribution in [-0.4, -0.2) is 41.4 Å². The van der Waals surface area contributed by atoms with E-state index in [4.69, 9.17) is 5.73 Å². The average molecular weight is 202 g/mol. The van der Waals surface area contributed by atoms with Crippen molar-refractivity contribution in [3.63, 3.8) is 0 Å². The zero-order valence-corrected chi connectivity index (χ0v) is 8.98.